The fourth-order valence-electron chi connectivity index (χ4n) is 2.94. The molecular weight excluding hydrogens is 256 g/mol. The molecule has 1 atom stereocenters. The molecule has 116 valence electrons. The van der Waals surface area contributed by atoms with Crippen molar-refractivity contribution in [3.63, 3.8) is 0 Å². The average Bonchev–Trinajstić information content (AvgIpc) is 2.38. The maximum absolute atomic E-state index is 12.5. The molecule has 0 saturated carbocycles. The van der Waals surface area contributed by atoms with Crippen molar-refractivity contribution >= 4 is 12.0 Å². The molecule has 5 heteroatoms. The summed E-state index contributed by atoms with van der Waals surface area (Å²) in [5, 5.41) is 8.86. The molecule has 0 aromatic heterocycles. The first-order valence-electron chi connectivity index (χ1n) is 7.64. The van der Waals surface area contributed by atoms with E-state index >= 15 is 0 Å². The molecule has 1 aliphatic rings. The van der Waals surface area contributed by atoms with Crippen molar-refractivity contribution in [2.24, 2.45) is 11.8 Å². The SMILES string of the molecule is CCN(C(=O)N1CCC(C(C)C)CC1)C(C)CC(=O)O. The Hall–Kier alpha value is -1.26. The Balaban J connectivity index is 2.57. The molecule has 0 spiro atoms. The van der Waals surface area contributed by atoms with Gasteiger partial charge in [0.05, 0.1) is 6.42 Å². The molecule has 1 rings (SSSR count). The lowest BCUT2D eigenvalue weighted by atomic mass is 9.87. The van der Waals surface area contributed by atoms with Crippen molar-refractivity contribution in [1.82, 2.24) is 9.80 Å². The first-order chi connectivity index (χ1) is 9.36. The molecule has 1 saturated heterocycles. The van der Waals surface area contributed by atoms with E-state index in [-0.39, 0.29) is 18.5 Å². The molecule has 0 radical (unpaired) electrons. The lowest BCUT2D eigenvalue weighted by Crippen LogP contribution is -2.50. The van der Waals surface area contributed by atoms with E-state index in [4.69, 9.17) is 5.11 Å². The molecule has 0 aromatic carbocycles. The smallest absolute Gasteiger partial charge is 0.320 e. The number of hydrogen-bond acceptors (Lipinski definition) is 2. The van der Waals surface area contributed by atoms with Crippen LogP contribution in [0.25, 0.3) is 0 Å². The summed E-state index contributed by atoms with van der Waals surface area (Å²) in [5.41, 5.74) is 0. The van der Waals surface area contributed by atoms with Crippen LogP contribution in [0.3, 0.4) is 0 Å². The third kappa shape index (κ3) is 4.39. The van der Waals surface area contributed by atoms with E-state index < -0.39 is 5.97 Å². The predicted molar refractivity (Wildman–Crippen MR) is 78.6 cm³/mol. The van der Waals surface area contributed by atoms with E-state index in [2.05, 4.69) is 13.8 Å². The van der Waals surface area contributed by atoms with Crippen LogP contribution >= 0.6 is 0 Å². The number of carboxylic acid groups (broad SMARTS) is 1. The van der Waals surface area contributed by atoms with Crippen molar-refractivity contribution in [3.05, 3.63) is 0 Å². The summed E-state index contributed by atoms with van der Waals surface area (Å²) < 4.78 is 0. The van der Waals surface area contributed by atoms with Crippen LogP contribution in [0.4, 0.5) is 4.79 Å². The summed E-state index contributed by atoms with van der Waals surface area (Å²) in [4.78, 5) is 26.8. The summed E-state index contributed by atoms with van der Waals surface area (Å²) in [5.74, 6) is 0.508. The number of carboxylic acids is 1. The predicted octanol–water partition coefficient (Wildman–Crippen LogP) is 2.66. The minimum Gasteiger partial charge on any atom is -0.481 e. The van der Waals surface area contributed by atoms with Crippen LogP contribution in [0.2, 0.25) is 0 Å². The van der Waals surface area contributed by atoms with Gasteiger partial charge in [0, 0.05) is 25.7 Å². The maximum atomic E-state index is 12.5. The highest BCUT2D eigenvalue weighted by Gasteiger charge is 2.29. The molecule has 0 aliphatic carbocycles. The van der Waals surface area contributed by atoms with Crippen LogP contribution < -0.4 is 0 Å². The van der Waals surface area contributed by atoms with Gasteiger partial charge in [0.1, 0.15) is 0 Å². The summed E-state index contributed by atoms with van der Waals surface area (Å²) in [6.07, 6.45) is 2.10. The Morgan fingerprint density at radius 2 is 1.80 bits per heavy atom. The molecule has 1 unspecified atom stereocenters. The highest BCUT2D eigenvalue weighted by Crippen LogP contribution is 2.25. The zero-order chi connectivity index (χ0) is 15.3. The van der Waals surface area contributed by atoms with Crippen molar-refractivity contribution in [2.45, 2.75) is 53.0 Å². The van der Waals surface area contributed by atoms with Gasteiger partial charge < -0.3 is 14.9 Å². The summed E-state index contributed by atoms with van der Waals surface area (Å²) in [7, 11) is 0. The summed E-state index contributed by atoms with van der Waals surface area (Å²) in [6, 6.07) is -0.267. The first kappa shape index (κ1) is 16.8. The van der Waals surface area contributed by atoms with Crippen LogP contribution in [0.5, 0.6) is 0 Å². The van der Waals surface area contributed by atoms with Crippen molar-refractivity contribution < 1.29 is 14.7 Å². The van der Waals surface area contributed by atoms with Gasteiger partial charge in [0.2, 0.25) is 0 Å². The van der Waals surface area contributed by atoms with Crippen LogP contribution in [0.1, 0.15) is 47.0 Å². The average molecular weight is 284 g/mol. The Kier molecular flexibility index (Phi) is 6.30. The zero-order valence-corrected chi connectivity index (χ0v) is 13.1. The molecule has 0 aromatic rings. The number of amides is 2. The largest absolute Gasteiger partial charge is 0.481 e. The van der Waals surface area contributed by atoms with Crippen LogP contribution in [0.15, 0.2) is 0 Å². The van der Waals surface area contributed by atoms with Crippen molar-refractivity contribution in [2.75, 3.05) is 19.6 Å². The van der Waals surface area contributed by atoms with Gasteiger partial charge in [-0.15, -0.1) is 0 Å². The molecule has 1 fully saturated rings. The maximum Gasteiger partial charge on any atom is 0.320 e. The molecule has 0 bridgehead atoms. The molecule has 1 aliphatic heterocycles. The lowest BCUT2D eigenvalue weighted by molar-refractivity contribution is -0.138. The van der Waals surface area contributed by atoms with Crippen LogP contribution in [-0.4, -0.2) is 52.6 Å². The van der Waals surface area contributed by atoms with Gasteiger partial charge in [0.25, 0.3) is 0 Å². The monoisotopic (exact) mass is 284 g/mol. The Morgan fingerprint density at radius 3 is 2.20 bits per heavy atom. The second-order valence-corrected chi connectivity index (χ2v) is 6.08. The lowest BCUT2D eigenvalue weighted by Gasteiger charge is -2.38. The fraction of sp³-hybridized carbons (Fsp3) is 0.867. The van der Waals surface area contributed by atoms with E-state index in [9.17, 15) is 9.59 Å². The minimum absolute atomic E-state index is 0.00202. The van der Waals surface area contributed by atoms with Gasteiger partial charge in [-0.3, -0.25) is 4.79 Å². The van der Waals surface area contributed by atoms with Crippen LogP contribution in [0, 0.1) is 11.8 Å². The summed E-state index contributed by atoms with van der Waals surface area (Å²) in [6.45, 7) is 10.3. The number of rotatable bonds is 5. The number of likely N-dealkylation sites (tertiary alicyclic amines) is 1. The zero-order valence-electron chi connectivity index (χ0n) is 13.1. The van der Waals surface area contributed by atoms with E-state index in [0.717, 1.165) is 25.9 Å². The van der Waals surface area contributed by atoms with Crippen molar-refractivity contribution in [3.8, 4) is 0 Å². The Labute approximate surface area is 121 Å². The van der Waals surface area contributed by atoms with Crippen molar-refractivity contribution in [1.29, 1.82) is 0 Å². The normalized spacial score (nSPS) is 18.1. The third-order valence-electron chi connectivity index (χ3n) is 4.34. The molecule has 5 nitrogen and oxygen atoms in total. The highest BCUT2D eigenvalue weighted by molar-refractivity contribution is 5.76. The number of carbonyl (C=O) groups excluding carboxylic acids is 1. The molecule has 20 heavy (non-hydrogen) atoms. The third-order valence-corrected chi connectivity index (χ3v) is 4.34. The number of aliphatic carboxylic acids is 1. The molecule has 2 amide bonds. The van der Waals surface area contributed by atoms with E-state index in [1.807, 2.05) is 11.8 Å². The van der Waals surface area contributed by atoms with Gasteiger partial charge in [-0.1, -0.05) is 13.8 Å². The molecule has 1 N–H and O–H groups in total. The molecular formula is C15H28N2O3. The van der Waals surface area contributed by atoms with E-state index in [1.54, 1.807) is 11.8 Å². The Morgan fingerprint density at radius 1 is 1.25 bits per heavy atom. The van der Waals surface area contributed by atoms with Gasteiger partial charge in [-0.25, -0.2) is 4.79 Å². The van der Waals surface area contributed by atoms with Gasteiger partial charge >= 0.3 is 12.0 Å². The van der Waals surface area contributed by atoms with Crippen LogP contribution in [-0.2, 0) is 4.79 Å². The minimum atomic E-state index is -0.859. The number of carbonyl (C=O) groups is 2. The fourth-order valence-corrected chi connectivity index (χ4v) is 2.94. The number of hydrogen-bond donors (Lipinski definition) is 1. The first-order valence-corrected chi connectivity index (χ1v) is 7.64. The van der Waals surface area contributed by atoms with E-state index in [1.165, 1.54) is 0 Å². The summed E-state index contributed by atoms with van der Waals surface area (Å²) >= 11 is 0. The quantitative estimate of drug-likeness (QED) is 0.844. The van der Waals surface area contributed by atoms with Gasteiger partial charge in [-0.05, 0) is 38.5 Å². The molecule has 1 heterocycles. The van der Waals surface area contributed by atoms with Gasteiger partial charge in [-0.2, -0.15) is 0 Å². The highest BCUT2D eigenvalue weighted by atomic mass is 16.4. The van der Waals surface area contributed by atoms with Gasteiger partial charge in [0.15, 0.2) is 0 Å². The number of nitrogens with zero attached hydrogens (tertiary/aromatic N) is 2. The Bertz CT molecular complexity index is 336. The number of piperidine rings is 1. The second-order valence-electron chi connectivity index (χ2n) is 6.08. The second kappa shape index (κ2) is 7.50. The number of urea groups is 1. The topological polar surface area (TPSA) is 60.9 Å². The van der Waals surface area contributed by atoms with E-state index in [0.29, 0.717) is 18.4 Å². The standard InChI is InChI=1S/C15H28N2O3/c1-5-17(12(4)10-14(18)19)15(20)16-8-6-13(7-9-16)11(2)3/h11-13H,5-10H2,1-4H3,(H,18,19).